The van der Waals surface area contributed by atoms with Crippen molar-refractivity contribution >= 4 is 45.3 Å². The molecule has 0 saturated carbocycles. The molecule has 0 saturated heterocycles. The van der Waals surface area contributed by atoms with Crippen LogP contribution < -0.4 is 5.43 Å². The van der Waals surface area contributed by atoms with E-state index in [0.717, 1.165) is 25.5 Å². The van der Waals surface area contributed by atoms with Crippen LogP contribution in [0.5, 0.6) is 5.75 Å². The van der Waals surface area contributed by atoms with Gasteiger partial charge in [0.2, 0.25) is 5.13 Å². The number of phenolic OH excluding ortho intramolecular Hbond substituents is 1. The number of hydrogen-bond acceptors (Lipinski definition) is 5. The highest BCUT2D eigenvalue weighted by molar-refractivity contribution is 14.1. The molecule has 0 bridgehead atoms. The molecule has 0 unspecified atom stereocenters. The lowest BCUT2D eigenvalue weighted by Crippen LogP contribution is -1.92. The molecule has 0 fully saturated rings. The van der Waals surface area contributed by atoms with Gasteiger partial charge < -0.3 is 5.11 Å². The SMILES string of the molecule is Oc1ccc(I)c(C=NNc2nc(-c3ccccc3)cs2)c1. The molecule has 0 radical (unpaired) electrons. The van der Waals surface area contributed by atoms with Crippen molar-refractivity contribution in [1.29, 1.82) is 0 Å². The van der Waals surface area contributed by atoms with Crippen molar-refractivity contribution < 1.29 is 5.11 Å². The highest BCUT2D eigenvalue weighted by atomic mass is 127. The molecular weight excluding hydrogens is 409 g/mol. The van der Waals surface area contributed by atoms with Crippen LogP contribution >= 0.6 is 33.9 Å². The van der Waals surface area contributed by atoms with E-state index in [1.807, 2.05) is 41.8 Å². The van der Waals surface area contributed by atoms with Crippen molar-refractivity contribution in [2.75, 3.05) is 5.43 Å². The Kier molecular flexibility index (Phi) is 4.69. The quantitative estimate of drug-likeness (QED) is 0.369. The van der Waals surface area contributed by atoms with Gasteiger partial charge in [-0.05, 0) is 40.8 Å². The van der Waals surface area contributed by atoms with Gasteiger partial charge in [-0.15, -0.1) is 11.3 Å². The van der Waals surface area contributed by atoms with Gasteiger partial charge in [-0.2, -0.15) is 5.10 Å². The van der Waals surface area contributed by atoms with Gasteiger partial charge in [0.15, 0.2) is 0 Å². The van der Waals surface area contributed by atoms with Crippen LogP contribution in [0.1, 0.15) is 5.56 Å². The predicted molar refractivity (Wildman–Crippen MR) is 99.6 cm³/mol. The van der Waals surface area contributed by atoms with E-state index in [1.165, 1.54) is 11.3 Å². The van der Waals surface area contributed by atoms with Crippen LogP contribution in [0.4, 0.5) is 5.13 Å². The van der Waals surface area contributed by atoms with Gasteiger partial charge in [0.05, 0.1) is 11.9 Å². The molecule has 0 aliphatic carbocycles. The van der Waals surface area contributed by atoms with Gasteiger partial charge in [0.25, 0.3) is 0 Å². The second-order valence-electron chi connectivity index (χ2n) is 4.48. The van der Waals surface area contributed by atoms with Crippen molar-refractivity contribution in [3.8, 4) is 17.0 Å². The normalized spacial score (nSPS) is 11.0. The molecule has 4 nitrogen and oxygen atoms in total. The number of nitrogens with zero attached hydrogens (tertiary/aromatic N) is 2. The lowest BCUT2D eigenvalue weighted by Gasteiger charge is -1.99. The maximum Gasteiger partial charge on any atom is 0.203 e. The molecule has 2 aromatic carbocycles. The minimum absolute atomic E-state index is 0.225. The fourth-order valence-electron chi connectivity index (χ4n) is 1.85. The first-order valence-corrected chi connectivity index (χ1v) is 8.47. The summed E-state index contributed by atoms with van der Waals surface area (Å²) in [6, 6.07) is 15.2. The Morgan fingerprint density at radius 1 is 1.18 bits per heavy atom. The van der Waals surface area contributed by atoms with E-state index in [0.29, 0.717) is 0 Å². The molecular formula is C16H12IN3OS. The fraction of sp³-hybridized carbons (Fsp3) is 0. The zero-order valence-corrected chi connectivity index (χ0v) is 14.4. The van der Waals surface area contributed by atoms with Crippen LogP contribution in [-0.2, 0) is 0 Å². The Bertz CT molecular complexity index is 802. The number of hydrogen-bond donors (Lipinski definition) is 2. The number of hydrazone groups is 1. The van der Waals surface area contributed by atoms with Crippen molar-refractivity contribution in [3.05, 3.63) is 63.0 Å². The molecule has 1 aromatic heterocycles. The Hall–Kier alpha value is -1.93. The average molecular weight is 421 g/mol. The van der Waals surface area contributed by atoms with E-state index in [9.17, 15) is 5.11 Å². The summed E-state index contributed by atoms with van der Waals surface area (Å²) in [5.41, 5.74) is 5.78. The maximum atomic E-state index is 9.49. The standard InChI is InChI=1S/C16H12IN3OS/c17-14-7-6-13(21)8-12(14)9-18-20-16-19-15(10-22-16)11-4-2-1-3-5-11/h1-10,21H,(H,19,20). The minimum atomic E-state index is 0.225. The Morgan fingerprint density at radius 3 is 2.82 bits per heavy atom. The zero-order chi connectivity index (χ0) is 15.4. The highest BCUT2D eigenvalue weighted by Crippen LogP contribution is 2.24. The zero-order valence-electron chi connectivity index (χ0n) is 11.4. The van der Waals surface area contributed by atoms with Crippen molar-refractivity contribution in [1.82, 2.24) is 4.98 Å². The van der Waals surface area contributed by atoms with E-state index >= 15 is 0 Å². The number of halogens is 1. The summed E-state index contributed by atoms with van der Waals surface area (Å²) in [7, 11) is 0. The molecule has 22 heavy (non-hydrogen) atoms. The number of rotatable bonds is 4. The third-order valence-electron chi connectivity index (χ3n) is 2.92. The summed E-state index contributed by atoms with van der Waals surface area (Å²) in [6.45, 7) is 0. The monoisotopic (exact) mass is 421 g/mol. The summed E-state index contributed by atoms with van der Waals surface area (Å²) in [5.74, 6) is 0.225. The van der Waals surface area contributed by atoms with Crippen LogP contribution in [-0.4, -0.2) is 16.3 Å². The second-order valence-corrected chi connectivity index (χ2v) is 6.50. The summed E-state index contributed by atoms with van der Waals surface area (Å²) in [5, 5.41) is 16.4. The number of aromatic nitrogens is 1. The Morgan fingerprint density at radius 2 is 2.00 bits per heavy atom. The van der Waals surface area contributed by atoms with Crippen LogP contribution in [0, 0.1) is 3.57 Å². The summed E-state index contributed by atoms with van der Waals surface area (Å²) in [6.07, 6.45) is 1.67. The molecule has 110 valence electrons. The first-order chi connectivity index (χ1) is 10.7. The van der Waals surface area contributed by atoms with E-state index in [-0.39, 0.29) is 5.75 Å². The average Bonchev–Trinajstić information content (AvgIpc) is 3.00. The minimum Gasteiger partial charge on any atom is -0.508 e. The second kappa shape index (κ2) is 6.89. The lowest BCUT2D eigenvalue weighted by molar-refractivity contribution is 0.475. The molecule has 0 amide bonds. The topological polar surface area (TPSA) is 57.5 Å². The van der Waals surface area contributed by atoms with E-state index in [1.54, 1.807) is 18.3 Å². The van der Waals surface area contributed by atoms with Crippen LogP contribution in [0.3, 0.4) is 0 Å². The van der Waals surface area contributed by atoms with E-state index < -0.39 is 0 Å². The number of anilines is 1. The molecule has 0 atom stereocenters. The molecule has 1 heterocycles. The van der Waals surface area contributed by atoms with Crippen LogP contribution in [0.2, 0.25) is 0 Å². The number of phenols is 1. The molecule has 3 rings (SSSR count). The van der Waals surface area contributed by atoms with Gasteiger partial charge in [0.1, 0.15) is 5.75 Å². The Balaban J connectivity index is 1.71. The lowest BCUT2D eigenvalue weighted by atomic mass is 10.2. The molecule has 6 heteroatoms. The van der Waals surface area contributed by atoms with Crippen molar-refractivity contribution in [3.63, 3.8) is 0 Å². The maximum absolute atomic E-state index is 9.49. The largest absolute Gasteiger partial charge is 0.508 e. The first-order valence-electron chi connectivity index (χ1n) is 6.51. The van der Waals surface area contributed by atoms with Gasteiger partial charge in [0, 0.05) is 20.1 Å². The summed E-state index contributed by atoms with van der Waals surface area (Å²) in [4.78, 5) is 4.49. The van der Waals surface area contributed by atoms with Gasteiger partial charge in [-0.1, -0.05) is 30.3 Å². The predicted octanol–water partition coefficient (Wildman–Crippen LogP) is 4.57. The molecule has 0 aliphatic rings. The highest BCUT2D eigenvalue weighted by Gasteiger charge is 2.03. The van der Waals surface area contributed by atoms with E-state index in [4.69, 9.17) is 0 Å². The Labute approximate surface area is 145 Å². The summed E-state index contributed by atoms with van der Waals surface area (Å²) >= 11 is 3.70. The molecule has 0 spiro atoms. The van der Waals surface area contributed by atoms with Crippen molar-refractivity contribution in [2.24, 2.45) is 5.10 Å². The van der Waals surface area contributed by atoms with Crippen LogP contribution in [0.25, 0.3) is 11.3 Å². The summed E-state index contributed by atoms with van der Waals surface area (Å²) < 4.78 is 1.02. The smallest absolute Gasteiger partial charge is 0.203 e. The number of aromatic hydroxyl groups is 1. The van der Waals surface area contributed by atoms with Gasteiger partial charge in [-0.25, -0.2) is 4.98 Å². The van der Waals surface area contributed by atoms with Crippen molar-refractivity contribution in [2.45, 2.75) is 0 Å². The van der Waals surface area contributed by atoms with E-state index in [2.05, 4.69) is 38.1 Å². The third kappa shape index (κ3) is 3.63. The third-order valence-corrected chi connectivity index (χ3v) is 4.65. The fourth-order valence-corrected chi connectivity index (χ4v) is 3.00. The first kappa shape index (κ1) is 15.0. The molecule has 0 aliphatic heterocycles. The molecule has 2 N–H and O–H groups in total. The molecule has 3 aromatic rings. The van der Waals surface area contributed by atoms with Gasteiger partial charge >= 0.3 is 0 Å². The van der Waals surface area contributed by atoms with Gasteiger partial charge in [-0.3, -0.25) is 5.43 Å². The number of benzene rings is 2. The number of nitrogens with one attached hydrogen (secondary N) is 1. The number of thiazole rings is 1. The van der Waals surface area contributed by atoms with Crippen LogP contribution in [0.15, 0.2) is 59.0 Å².